The molecule has 0 aliphatic carbocycles. The minimum Gasteiger partial charge on any atom is -0.506 e. The highest BCUT2D eigenvalue weighted by Gasteiger charge is 2.16. The van der Waals surface area contributed by atoms with Crippen molar-refractivity contribution in [2.75, 3.05) is 19.5 Å². The van der Waals surface area contributed by atoms with Crippen LogP contribution in [-0.2, 0) is 0 Å². The summed E-state index contributed by atoms with van der Waals surface area (Å²) in [5, 5.41) is 12.5. The number of rotatable bonds is 4. The van der Waals surface area contributed by atoms with Gasteiger partial charge in [-0.05, 0) is 12.1 Å². The molecule has 0 bridgehead atoms. The summed E-state index contributed by atoms with van der Waals surface area (Å²) in [7, 11) is 2.92. The number of phenolic OH excluding ortho intramolecular Hbond substituents is 1. The lowest BCUT2D eigenvalue weighted by Gasteiger charge is -2.14. The minimum atomic E-state index is -0.743. The Morgan fingerprint density at radius 3 is 2.40 bits per heavy atom. The van der Waals surface area contributed by atoms with Crippen LogP contribution >= 0.6 is 11.6 Å². The lowest BCUT2D eigenvalue weighted by atomic mass is 10.1. The number of nitrogens with zero attached hydrogens (tertiary/aromatic N) is 1. The van der Waals surface area contributed by atoms with E-state index < -0.39 is 11.6 Å². The second-order valence-electron chi connectivity index (χ2n) is 5.11. The van der Waals surface area contributed by atoms with Gasteiger partial charge in [0, 0.05) is 17.5 Å². The quantitative estimate of drug-likeness (QED) is 0.704. The number of methoxy groups -OCH3 is 2. The summed E-state index contributed by atoms with van der Waals surface area (Å²) >= 11 is 5.66. The molecule has 0 spiro atoms. The van der Waals surface area contributed by atoms with E-state index in [4.69, 9.17) is 21.1 Å². The molecule has 0 fully saturated rings. The van der Waals surface area contributed by atoms with Gasteiger partial charge in [0.2, 0.25) is 0 Å². The van der Waals surface area contributed by atoms with E-state index in [-0.39, 0.29) is 22.1 Å². The van der Waals surface area contributed by atoms with E-state index in [1.807, 2.05) is 0 Å². The highest BCUT2D eigenvalue weighted by molar-refractivity contribution is 6.32. The Bertz CT molecular complexity index is 967. The predicted octanol–water partition coefficient (Wildman–Crippen LogP) is 4.63. The monoisotopic (exact) mass is 366 g/mol. The number of aromatic hydroxyl groups is 1. The number of phenols is 1. The number of halogens is 3. The second-order valence-corrected chi connectivity index (χ2v) is 5.52. The summed E-state index contributed by atoms with van der Waals surface area (Å²) < 4.78 is 38.8. The van der Waals surface area contributed by atoms with Crippen LogP contribution < -0.4 is 14.8 Å². The molecule has 2 N–H and O–H groups in total. The molecular weight excluding hydrogens is 354 g/mol. The lowest BCUT2D eigenvalue weighted by molar-refractivity contribution is 0.356. The smallest absolute Gasteiger partial charge is 0.165 e. The van der Waals surface area contributed by atoms with E-state index in [9.17, 15) is 13.9 Å². The number of aromatic nitrogens is 1. The van der Waals surface area contributed by atoms with Gasteiger partial charge in [-0.25, -0.2) is 8.78 Å². The number of benzene rings is 2. The molecule has 0 atom stereocenters. The molecule has 0 saturated carbocycles. The van der Waals surface area contributed by atoms with Crippen molar-refractivity contribution in [3.8, 4) is 17.2 Å². The SMILES string of the molecule is COc1cc2ncc(F)c(Nc3cc(O)c(Cl)cc3F)c2cc1OC. The van der Waals surface area contributed by atoms with Crippen molar-refractivity contribution in [1.29, 1.82) is 0 Å². The van der Waals surface area contributed by atoms with Gasteiger partial charge in [0.05, 0.1) is 42.3 Å². The zero-order chi connectivity index (χ0) is 18.1. The molecule has 3 aromatic rings. The van der Waals surface area contributed by atoms with Gasteiger partial charge < -0.3 is 19.9 Å². The summed E-state index contributed by atoms with van der Waals surface area (Å²) in [6, 6.07) is 5.11. The van der Waals surface area contributed by atoms with Gasteiger partial charge in [0.15, 0.2) is 17.3 Å². The first-order chi connectivity index (χ1) is 11.9. The number of hydrogen-bond acceptors (Lipinski definition) is 5. The zero-order valence-electron chi connectivity index (χ0n) is 13.2. The third kappa shape index (κ3) is 3.10. The van der Waals surface area contributed by atoms with Crippen molar-refractivity contribution in [2.24, 2.45) is 0 Å². The van der Waals surface area contributed by atoms with Gasteiger partial charge in [-0.15, -0.1) is 0 Å². The van der Waals surface area contributed by atoms with Gasteiger partial charge in [-0.2, -0.15) is 0 Å². The third-order valence-electron chi connectivity index (χ3n) is 3.62. The molecule has 0 aliphatic heterocycles. The van der Waals surface area contributed by atoms with Crippen LogP contribution in [0.5, 0.6) is 17.2 Å². The van der Waals surface area contributed by atoms with E-state index in [2.05, 4.69) is 10.3 Å². The van der Waals surface area contributed by atoms with Crippen molar-refractivity contribution in [3.05, 3.63) is 47.1 Å². The lowest BCUT2D eigenvalue weighted by Crippen LogP contribution is -2.00. The molecular formula is C17H13ClF2N2O3. The van der Waals surface area contributed by atoms with Crippen molar-refractivity contribution >= 4 is 33.9 Å². The Morgan fingerprint density at radius 2 is 1.72 bits per heavy atom. The fourth-order valence-electron chi connectivity index (χ4n) is 2.39. The van der Waals surface area contributed by atoms with Gasteiger partial charge in [-0.1, -0.05) is 11.6 Å². The molecule has 8 heteroatoms. The van der Waals surface area contributed by atoms with Crippen LogP contribution in [0.15, 0.2) is 30.5 Å². The topological polar surface area (TPSA) is 63.6 Å². The maximum Gasteiger partial charge on any atom is 0.165 e. The largest absolute Gasteiger partial charge is 0.506 e. The predicted molar refractivity (Wildman–Crippen MR) is 91.2 cm³/mol. The van der Waals surface area contributed by atoms with Crippen LogP contribution in [0.2, 0.25) is 5.02 Å². The first-order valence-corrected chi connectivity index (χ1v) is 7.47. The summed E-state index contributed by atoms with van der Waals surface area (Å²) in [4.78, 5) is 4.01. The molecule has 0 radical (unpaired) electrons. The molecule has 130 valence electrons. The Hall–Kier alpha value is -2.80. The van der Waals surface area contributed by atoms with Crippen LogP contribution in [0.4, 0.5) is 20.2 Å². The van der Waals surface area contributed by atoms with E-state index >= 15 is 0 Å². The van der Waals surface area contributed by atoms with Crippen molar-refractivity contribution in [2.45, 2.75) is 0 Å². The maximum absolute atomic E-state index is 14.3. The number of hydrogen-bond donors (Lipinski definition) is 2. The molecule has 3 rings (SSSR count). The molecule has 0 aliphatic rings. The van der Waals surface area contributed by atoms with E-state index in [1.165, 1.54) is 20.3 Å². The summed E-state index contributed by atoms with van der Waals surface area (Å²) in [6.45, 7) is 0. The van der Waals surface area contributed by atoms with Gasteiger partial charge in [-0.3, -0.25) is 4.98 Å². The number of anilines is 2. The maximum atomic E-state index is 14.3. The highest BCUT2D eigenvalue weighted by Crippen LogP contribution is 2.38. The Balaban J connectivity index is 2.18. The van der Waals surface area contributed by atoms with Crippen LogP contribution in [0.25, 0.3) is 10.9 Å². The Labute approximate surface area is 146 Å². The molecule has 2 aromatic carbocycles. The fraction of sp³-hybridized carbons (Fsp3) is 0.118. The molecule has 0 unspecified atom stereocenters. The van der Waals surface area contributed by atoms with Crippen LogP contribution in [0, 0.1) is 11.6 Å². The standard InChI is InChI=1S/C17H13ClF2N2O3/c1-24-15-3-8-12(6-16(15)25-2)21-7-11(20)17(8)22-13-5-14(23)9(18)4-10(13)19/h3-7,23H,1-2H3,(H,21,22). The average Bonchev–Trinajstić information content (AvgIpc) is 2.60. The normalized spacial score (nSPS) is 10.8. The molecule has 1 aromatic heterocycles. The van der Waals surface area contributed by atoms with Crippen molar-refractivity contribution < 1.29 is 23.4 Å². The Kier molecular flexibility index (Phi) is 4.50. The molecule has 5 nitrogen and oxygen atoms in total. The number of pyridine rings is 1. The number of ether oxygens (including phenoxy) is 2. The fourth-order valence-corrected chi connectivity index (χ4v) is 2.54. The van der Waals surface area contributed by atoms with E-state index in [0.29, 0.717) is 22.4 Å². The number of fused-ring (bicyclic) bond motifs is 1. The summed E-state index contributed by atoms with van der Waals surface area (Å²) in [5.41, 5.74) is 0.259. The average molecular weight is 367 g/mol. The second kappa shape index (κ2) is 6.60. The van der Waals surface area contributed by atoms with Gasteiger partial charge in [0.1, 0.15) is 11.6 Å². The Morgan fingerprint density at radius 1 is 1.04 bits per heavy atom. The zero-order valence-corrected chi connectivity index (χ0v) is 14.0. The van der Waals surface area contributed by atoms with Crippen LogP contribution in [-0.4, -0.2) is 24.3 Å². The first kappa shape index (κ1) is 17.0. The highest BCUT2D eigenvalue weighted by atomic mass is 35.5. The van der Waals surface area contributed by atoms with Crippen LogP contribution in [0.1, 0.15) is 0 Å². The van der Waals surface area contributed by atoms with E-state index in [0.717, 1.165) is 18.3 Å². The molecule has 1 heterocycles. The number of nitrogens with one attached hydrogen (secondary N) is 1. The van der Waals surface area contributed by atoms with E-state index in [1.54, 1.807) is 6.07 Å². The summed E-state index contributed by atoms with van der Waals surface area (Å²) in [6.07, 6.45) is 1.00. The molecule has 0 saturated heterocycles. The molecule has 25 heavy (non-hydrogen) atoms. The summed E-state index contributed by atoms with van der Waals surface area (Å²) in [5.74, 6) is -0.981. The molecule has 0 amide bonds. The van der Waals surface area contributed by atoms with Crippen molar-refractivity contribution in [3.63, 3.8) is 0 Å². The third-order valence-corrected chi connectivity index (χ3v) is 3.93. The first-order valence-electron chi connectivity index (χ1n) is 7.10. The van der Waals surface area contributed by atoms with Crippen molar-refractivity contribution in [1.82, 2.24) is 4.98 Å². The van der Waals surface area contributed by atoms with Gasteiger partial charge >= 0.3 is 0 Å². The van der Waals surface area contributed by atoms with Gasteiger partial charge in [0.25, 0.3) is 0 Å². The minimum absolute atomic E-state index is 0.0217. The van der Waals surface area contributed by atoms with Crippen LogP contribution in [0.3, 0.4) is 0 Å².